The summed E-state index contributed by atoms with van der Waals surface area (Å²) in [5.41, 5.74) is 3.62. The molecule has 1 N–H and O–H groups in total. The molecule has 24 heavy (non-hydrogen) atoms. The van der Waals surface area contributed by atoms with E-state index in [1.54, 1.807) is 27.4 Å². The van der Waals surface area contributed by atoms with Gasteiger partial charge in [0.2, 0.25) is 5.75 Å². The maximum atomic E-state index is 9.60. The Bertz CT molecular complexity index is 704. The molecule has 0 spiro atoms. The molecule has 2 aromatic rings. The van der Waals surface area contributed by atoms with Crippen molar-refractivity contribution in [3.8, 4) is 23.0 Å². The maximum Gasteiger partial charge on any atom is 0.203 e. The third-order valence-electron chi connectivity index (χ3n) is 4.41. The molecule has 0 radical (unpaired) electrons. The van der Waals surface area contributed by atoms with Crippen molar-refractivity contribution >= 4 is 0 Å². The third-order valence-corrected chi connectivity index (χ3v) is 4.41. The Balaban J connectivity index is 1.80. The van der Waals surface area contributed by atoms with Gasteiger partial charge in [0.15, 0.2) is 11.5 Å². The Labute approximate surface area is 142 Å². The molecule has 5 heteroatoms. The van der Waals surface area contributed by atoms with Crippen molar-refractivity contribution in [1.82, 2.24) is 4.90 Å². The van der Waals surface area contributed by atoms with Gasteiger partial charge in [0.05, 0.1) is 21.3 Å². The van der Waals surface area contributed by atoms with Gasteiger partial charge in [-0.3, -0.25) is 4.90 Å². The van der Waals surface area contributed by atoms with Crippen molar-refractivity contribution in [3.63, 3.8) is 0 Å². The van der Waals surface area contributed by atoms with Crippen LogP contribution in [0.2, 0.25) is 0 Å². The molecule has 0 amide bonds. The fourth-order valence-corrected chi connectivity index (χ4v) is 3.22. The van der Waals surface area contributed by atoms with Gasteiger partial charge in [0.1, 0.15) is 5.75 Å². The van der Waals surface area contributed by atoms with Crippen LogP contribution >= 0.6 is 0 Å². The molecule has 1 aliphatic heterocycles. The average molecular weight is 329 g/mol. The first-order chi connectivity index (χ1) is 11.6. The summed E-state index contributed by atoms with van der Waals surface area (Å²) in [6.07, 6.45) is 0.939. The molecule has 0 bridgehead atoms. The van der Waals surface area contributed by atoms with Gasteiger partial charge in [-0.15, -0.1) is 0 Å². The van der Waals surface area contributed by atoms with E-state index in [4.69, 9.17) is 14.2 Å². The van der Waals surface area contributed by atoms with Crippen molar-refractivity contribution in [2.75, 3.05) is 27.9 Å². The lowest BCUT2D eigenvalue weighted by Crippen LogP contribution is -2.30. The quantitative estimate of drug-likeness (QED) is 0.914. The number of nitrogens with zero attached hydrogens (tertiary/aromatic N) is 1. The number of fused-ring (bicyclic) bond motifs is 1. The molecule has 5 nitrogen and oxygen atoms in total. The Kier molecular flexibility index (Phi) is 4.81. The van der Waals surface area contributed by atoms with Gasteiger partial charge >= 0.3 is 0 Å². The van der Waals surface area contributed by atoms with Gasteiger partial charge in [-0.05, 0) is 47.4 Å². The van der Waals surface area contributed by atoms with Gasteiger partial charge in [-0.2, -0.15) is 0 Å². The van der Waals surface area contributed by atoms with E-state index in [9.17, 15) is 5.11 Å². The summed E-state index contributed by atoms with van der Waals surface area (Å²) in [5, 5.41) is 9.60. The minimum atomic E-state index is 0.340. The minimum absolute atomic E-state index is 0.340. The molecule has 3 rings (SSSR count). The molecule has 2 aromatic carbocycles. The van der Waals surface area contributed by atoms with Crippen LogP contribution in [0.4, 0.5) is 0 Å². The smallest absolute Gasteiger partial charge is 0.203 e. The van der Waals surface area contributed by atoms with E-state index in [2.05, 4.69) is 4.90 Å². The highest BCUT2D eigenvalue weighted by Crippen LogP contribution is 2.38. The molecule has 0 atom stereocenters. The molecular weight excluding hydrogens is 306 g/mol. The number of hydrogen-bond acceptors (Lipinski definition) is 5. The maximum absolute atomic E-state index is 9.60. The highest BCUT2D eigenvalue weighted by atomic mass is 16.5. The van der Waals surface area contributed by atoms with E-state index in [0.717, 1.165) is 31.6 Å². The van der Waals surface area contributed by atoms with Crippen LogP contribution in [0, 0.1) is 0 Å². The van der Waals surface area contributed by atoms with Crippen LogP contribution in [-0.2, 0) is 19.5 Å². The SMILES string of the molecule is COc1cc(CN2CCc3cc(O)ccc3C2)cc(OC)c1OC. The van der Waals surface area contributed by atoms with Crippen molar-refractivity contribution in [2.45, 2.75) is 19.5 Å². The van der Waals surface area contributed by atoms with Crippen LogP contribution in [0.3, 0.4) is 0 Å². The predicted octanol–water partition coefficient (Wildman–Crippen LogP) is 2.98. The average Bonchev–Trinajstić information content (AvgIpc) is 2.60. The number of methoxy groups -OCH3 is 3. The normalized spacial score (nSPS) is 14.1. The van der Waals surface area contributed by atoms with Crippen LogP contribution in [0.5, 0.6) is 23.0 Å². The summed E-state index contributed by atoms with van der Waals surface area (Å²) in [5.74, 6) is 2.30. The van der Waals surface area contributed by atoms with Gasteiger partial charge in [0, 0.05) is 19.6 Å². The highest BCUT2D eigenvalue weighted by molar-refractivity contribution is 5.53. The predicted molar refractivity (Wildman–Crippen MR) is 92.0 cm³/mol. The first-order valence-electron chi connectivity index (χ1n) is 7.96. The van der Waals surface area contributed by atoms with Gasteiger partial charge in [-0.1, -0.05) is 6.07 Å². The van der Waals surface area contributed by atoms with Crippen molar-refractivity contribution in [3.05, 3.63) is 47.0 Å². The summed E-state index contributed by atoms with van der Waals surface area (Å²) in [6, 6.07) is 9.61. The second-order valence-electron chi connectivity index (χ2n) is 5.95. The monoisotopic (exact) mass is 329 g/mol. The van der Waals surface area contributed by atoms with E-state index < -0.39 is 0 Å². The van der Waals surface area contributed by atoms with E-state index in [1.807, 2.05) is 24.3 Å². The number of aromatic hydroxyl groups is 1. The van der Waals surface area contributed by atoms with Crippen LogP contribution in [0.25, 0.3) is 0 Å². The summed E-state index contributed by atoms with van der Waals surface area (Å²) >= 11 is 0. The number of phenolic OH excluding ortho intramolecular Hbond substituents is 1. The van der Waals surface area contributed by atoms with Gasteiger partial charge in [-0.25, -0.2) is 0 Å². The lowest BCUT2D eigenvalue weighted by molar-refractivity contribution is 0.244. The third kappa shape index (κ3) is 3.26. The number of ether oxygens (including phenoxy) is 3. The Morgan fingerprint density at radius 2 is 1.67 bits per heavy atom. The highest BCUT2D eigenvalue weighted by Gasteiger charge is 2.19. The lowest BCUT2D eigenvalue weighted by atomic mass is 9.99. The number of hydrogen-bond donors (Lipinski definition) is 1. The number of benzene rings is 2. The molecular formula is C19H23NO4. The second kappa shape index (κ2) is 7.01. The van der Waals surface area contributed by atoms with E-state index in [1.165, 1.54) is 11.1 Å². The molecule has 1 heterocycles. The first kappa shape index (κ1) is 16.5. The largest absolute Gasteiger partial charge is 0.508 e. The first-order valence-corrected chi connectivity index (χ1v) is 7.96. The summed E-state index contributed by atoms with van der Waals surface area (Å²) in [7, 11) is 4.87. The minimum Gasteiger partial charge on any atom is -0.508 e. The molecule has 0 aliphatic carbocycles. The van der Waals surface area contributed by atoms with Crippen molar-refractivity contribution in [1.29, 1.82) is 0 Å². The molecule has 0 unspecified atom stereocenters. The molecule has 0 fully saturated rings. The Morgan fingerprint density at radius 1 is 0.958 bits per heavy atom. The van der Waals surface area contributed by atoms with E-state index >= 15 is 0 Å². The van der Waals surface area contributed by atoms with Crippen molar-refractivity contribution < 1.29 is 19.3 Å². The summed E-state index contributed by atoms with van der Waals surface area (Å²) in [4.78, 5) is 2.38. The molecule has 0 saturated heterocycles. The van der Waals surface area contributed by atoms with Gasteiger partial charge in [0.25, 0.3) is 0 Å². The van der Waals surface area contributed by atoms with Crippen LogP contribution < -0.4 is 14.2 Å². The zero-order valence-electron chi connectivity index (χ0n) is 14.3. The molecule has 128 valence electrons. The molecule has 1 aliphatic rings. The number of rotatable bonds is 5. The van der Waals surface area contributed by atoms with E-state index in [0.29, 0.717) is 23.0 Å². The second-order valence-corrected chi connectivity index (χ2v) is 5.95. The topological polar surface area (TPSA) is 51.2 Å². The van der Waals surface area contributed by atoms with Crippen molar-refractivity contribution in [2.24, 2.45) is 0 Å². The van der Waals surface area contributed by atoms with Gasteiger partial charge < -0.3 is 19.3 Å². The Hall–Kier alpha value is -2.40. The standard InChI is InChI=1S/C19H23NO4/c1-22-17-8-13(9-18(23-2)19(17)24-3)11-20-7-6-14-10-16(21)5-4-15(14)12-20/h4-5,8-10,21H,6-7,11-12H2,1-3H3. The lowest BCUT2D eigenvalue weighted by Gasteiger charge is -2.29. The summed E-state index contributed by atoms with van der Waals surface area (Å²) in [6.45, 7) is 2.62. The summed E-state index contributed by atoms with van der Waals surface area (Å²) < 4.78 is 16.2. The fraction of sp³-hybridized carbons (Fsp3) is 0.368. The van der Waals surface area contributed by atoms with Crippen LogP contribution in [-0.4, -0.2) is 37.9 Å². The Morgan fingerprint density at radius 3 is 2.29 bits per heavy atom. The fourth-order valence-electron chi connectivity index (χ4n) is 3.22. The van der Waals surface area contributed by atoms with E-state index in [-0.39, 0.29) is 0 Å². The zero-order valence-corrected chi connectivity index (χ0v) is 14.3. The number of phenols is 1. The molecule has 0 aromatic heterocycles. The van der Waals surface area contributed by atoms with Crippen LogP contribution in [0.1, 0.15) is 16.7 Å². The molecule has 0 saturated carbocycles. The zero-order chi connectivity index (χ0) is 17.1. The van der Waals surface area contributed by atoms with Crippen LogP contribution in [0.15, 0.2) is 30.3 Å².